The largest absolute Gasteiger partial charge is 0.356 e. The number of nitrogens with one attached hydrogen (secondary N) is 2. The number of fused-ring (bicyclic) bond motifs is 1. The quantitative estimate of drug-likeness (QED) is 0.473. The molecule has 26 heavy (non-hydrogen) atoms. The van der Waals surface area contributed by atoms with Crippen molar-refractivity contribution in [3.8, 4) is 0 Å². The smallest absolute Gasteiger partial charge is 0.191 e. The van der Waals surface area contributed by atoms with Gasteiger partial charge in [-0.3, -0.25) is 4.99 Å². The summed E-state index contributed by atoms with van der Waals surface area (Å²) in [5.74, 6) is 2.68. The van der Waals surface area contributed by atoms with Gasteiger partial charge in [0, 0.05) is 45.1 Å². The molecule has 0 aliphatic carbocycles. The Bertz CT molecular complexity index is 739. The van der Waals surface area contributed by atoms with E-state index in [2.05, 4.69) is 30.4 Å². The van der Waals surface area contributed by atoms with Gasteiger partial charge >= 0.3 is 0 Å². The summed E-state index contributed by atoms with van der Waals surface area (Å²) in [5.41, 5.74) is 0.626. The molecule has 0 saturated carbocycles. The summed E-state index contributed by atoms with van der Waals surface area (Å²) >= 11 is 0. The minimum absolute atomic E-state index is 0.206. The molecule has 2 heterocycles. The van der Waals surface area contributed by atoms with Crippen molar-refractivity contribution in [1.29, 1.82) is 0 Å². The Hall–Kier alpha value is -2.44. The predicted molar refractivity (Wildman–Crippen MR) is 100 cm³/mol. The number of hydrogen-bond donors (Lipinski definition) is 2. The maximum absolute atomic E-state index is 13.7. The monoisotopic (exact) mass is 358 g/mol. The van der Waals surface area contributed by atoms with Crippen molar-refractivity contribution in [2.45, 2.75) is 51.6 Å². The number of halogens is 1. The molecule has 7 heteroatoms. The molecular weight excluding hydrogens is 331 g/mol. The summed E-state index contributed by atoms with van der Waals surface area (Å²) in [4.78, 5) is 4.19. The molecule has 0 fully saturated rings. The van der Waals surface area contributed by atoms with E-state index in [0.29, 0.717) is 18.1 Å². The molecular formula is C19H27FN6. The van der Waals surface area contributed by atoms with Gasteiger partial charge in [0.1, 0.15) is 17.5 Å². The van der Waals surface area contributed by atoms with Crippen LogP contribution in [-0.4, -0.2) is 34.3 Å². The molecule has 1 aromatic carbocycles. The van der Waals surface area contributed by atoms with Crippen molar-refractivity contribution in [1.82, 2.24) is 25.4 Å². The third-order valence-electron chi connectivity index (χ3n) is 4.68. The lowest BCUT2D eigenvalue weighted by molar-refractivity contribution is 0.592. The fourth-order valence-corrected chi connectivity index (χ4v) is 3.22. The van der Waals surface area contributed by atoms with E-state index in [9.17, 15) is 4.39 Å². The van der Waals surface area contributed by atoms with Gasteiger partial charge in [0.2, 0.25) is 0 Å². The first-order chi connectivity index (χ1) is 12.8. The number of aryl methyl sites for hydroxylation is 2. The molecule has 2 N–H and O–H groups in total. The number of aromatic nitrogens is 3. The highest BCUT2D eigenvalue weighted by atomic mass is 19.1. The average molecular weight is 358 g/mol. The molecule has 1 aliphatic rings. The van der Waals surface area contributed by atoms with Gasteiger partial charge in [-0.15, -0.1) is 10.2 Å². The Balaban J connectivity index is 1.42. The Morgan fingerprint density at radius 3 is 2.92 bits per heavy atom. The van der Waals surface area contributed by atoms with E-state index in [1.165, 1.54) is 25.3 Å². The summed E-state index contributed by atoms with van der Waals surface area (Å²) < 4.78 is 15.9. The van der Waals surface area contributed by atoms with Crippen LogP contribution in [0.2, 0.25) is 0 Å². The lowest BCUT2D eigenvalue weighted by Crippen LogP contribution is -2.37. The Labute approximate surface area is 153 Å². The number of hydrogen-bond acceptors (Lipinski definition) is 3. The van der Waals surface area contributed by atoms with E-state index in [1.54, 1.807) is 19.2 Å². The molecule has 2 aromatic rings. The van der Waals surface area contributed by atoms with Gasteiger partial charge in [-0.05, 0) is 25.3 Å². The normalized spacial score (nSPS) is 14.6. The molecule has 1 aromatic heterocycles. The molecule has 0 atom stereocenters. The van der Waals surface area contributed by atoms with E-state index >= 15 is 0 Å². The molecule has 0 bridgehead atoms. The summed E-state index contributed by atoms with van der Waals surface area (Å²) in [6.45, 7) is 2.22. The summed E-state index contributed by atoms with van der Waals surface area (Å²) in [5, 5.41) is 15.1. The van der Waals surface area contributed by atoms with Crippen LogP contribution < -0.4 is 10.6 Å². The van der Waals surface area contributed by atoms with Gasteiger partial charge in [0.05, 0.1) is 0 Å². The first-order valence-corrected chi connectivity index (χ1v) is 9.37. The molecule has 1 aliphatic heterocycles. The second-order valence-corrected chi connectivity index (χ2v) is 6.54. The highest BCUT2D eigenvalue weighted by molar-refractivity contribution is 5.79. The van der Waals surface area contributed by atoms with Crippen LogP contribution in [0.5, 0.6) is 0 Å². The third kappa shape index (κ3) is 4.80. The van der Waals surface area contributed by atoms with Crippen LogP contribution in [0.4, 0.5) is 4.39 Å². The van der Waals surface area contributed by atoms with Crippen LogP contribution in [0, 0.1) is 5.82 Å². The van der Waals surface area contributed by atoms with Crippen molar-refractivity contribution in [3.05, 3.63) is 47.3 Å². The summed E-state index contributed by atoms with van der Waals surface area (Å²) in [6, 6.07) is 6.76. The van der Waals surface area contributed by atoms with E-state index in [4.69, 9.17) is 0 Å². The molecule has 140 valence electrons. The van der Waals surface area contributed by atoms with Gasteiger partial charge in [-0.1, -0.05) is 24.6 Å². The van der Waals surface area contributed by atoms with Gasteiger partial charge in [0.25, 0.3) is 0 Å². The average Bonchev–Trinajstić information content (AvgIpc) is 2.88. The van der Waals surface area contributed by atoms with Gasteiger partial charge in [-0.2, -0.15) is 0 Å². The second-order valence-electron chi connectivity index (χ2n) is 6.54. The fraction of sp³-hybridized carbons (Fsp3) is 0.526. The van der Waals surface area contributed by atoms with E-state index < -0.39 is 0 Å². The Morgan fingerprint density at radius 2 is 2.08 bits per heavy atom. The number of nitrogens with zero attached hydrogens (tertiary/aromatic N) is 4. The lowest BCUT2D eigenvalue weighted by Gasteiger charge is -2.12. The van der Waals surface area contributed by atoms with Gasteiger partial charge < -0.3 is 15.2 Å². The predicted octanol–water partition coefficient (Wildman–Crippen LogP) is 2.44. The number of benzene rings is 1. The standard InChI is InChI=1S/C19H27FN6/c1-21-19(23-14-15-8-4-5-9-16(15)20)22-12-7-11-18-25-24-17-10-3-2-6-13-26(17)18/h4-5,8-9H,2-3,6-7,10-14H2,1H3,(H2,21,22,23). The van der Waals surface area contributed by atoms with Crippen LogP contribution in [0.3, 0.4) is 0 Å². The number of rotatable bonds is 6. The lowest BCUT2D eigenvalue weighted by atomic mass is 10.2. The van der Waals surface area contributed by atoms with Crippen LogP contribution in [-0.2, 0) is 25.9 Å². The third-order valence-corrected chi connectivity index (χ3v) is 4.68. The zero-order valence-electron chi connectivity index (χ0n) is 15.3. The first-order valence-electron chi connectivity index (χ1n) is 9.37. The van der Waals surface area contributed by atoms with Crippen molar-refractivity contribution in [2.75, 3.05) is 13.6 Å². The SMILES string of the molecule is CN=C(NCCCc1nnc2n1CCCCC2)NCc1ccccc1F. The molecule has 0 spiro atoms. The Kier molecular flexibility index (Phi) is 6.57. The number of aliphatic imine (C=N–C) groups is 1. The van der Waals surface area contributed by atoms with Crippen molar-refractivity contribution < 1.29 is 4.39 Å². The van der Waals surface area contributed by atoms with E-state index in [1.807, 2.05) is 6.07 Å². The zero-order chi connectivity index (χ0) is 18.2. The maximum atomic E-state index is 13.7. The molecule has 3 rings (SSSR count). The number of guanidine groups is 1. The van der Waals surface area contributed by atoms with Crippen LogP contribution >= 0.6 is 0 Å². The minimum atomic E-state index is -0.206. The molecule has 0 saturated heterocycles. The highest BCUT2D eigenvalue weighted by Gasteiger charge is 2.14. The molecule has 0 amide bonds. The summed E-state index contributed by atoms with van der Waals surface area (Å²) in [7, 11) is 1.72. The van der Waals surface area contributed by atoms with Crippen LogP contribution in [0.15, 0.2) is 29.3 Å². The van der Waals surface area contributed by atoms with Gasteiger partial charge in [0.15, 0.2) is 5.96 Å². The molecule has 6 nitrogen and oxygen atoms in total. The summed E-state index contributed by atoms with van der Waals surface area (Å²) in [6.07, 6.45) is 6.57. The van der Waals surface area contributed by atoms with E-state index in [-0.39, 0.29) is 5.82 Å². The maximum Gasteiger partial charge on any atom is 0.191 e. The fourth-order valence-electron chi connectivity index (χ4n) is 3.22. The minimum Gasteiger partial charge on any atom is -0.356 e. The molecule has 0 unspecified atom stereocenters. The topological polar surface area (TPSA) is 67.1 Å². The van der Waals surface area contributed by atoms with Gasteiger partial charge in [-0.25, -0.2) is 4.39 Å². The van der Waals surface area contributed by atoms with Crippen molar-refractivity contribution >= 4 is 5.96 Å². The van der Waals surface area contributed by atoms with Crippen LogP contribution in [0.25, 0.3) is 0 Å². The zero-order valence-corrected chi connectivity index (χ0v) is 15.3. The first kappa shape index (κ1) is 18.4. The van der Waals surface area contributed by atoms with E-state index in [0.717, 1.165) is 44.0 Å². The molecule has 0 radical (unpaired) electrons. The van der Waals surface area contributed by atoms with Crippen LogP contribution in [0.1, 0.15) is 42.9 Å². The van der Waals surface area contributed by atoms with Crippen molar-refractivity contribution in [3.63, 3.8) is 0 Å². The Morgan fingerprint density at radius 1 is 1.19 bits per heavy atom. The highest BCUT2D eigenvalue weighted by Crippen LogP contribution is 2.15. The second kappa shape index (κ2) is 9.31. The van der Waals surface area contributed by atoms with Crippen molar-refractivity contribution in [2.24, 2.45) is 4.99 Å².